The fourth-order valence-corrected chi connectivity index (χ4v) is 1.69. The number of hydrogen-bond donors (Lipinski definition) is 2. The molecule has 1 atom stereocenters. The molecule has 1 heterocycles. The molecule has 0 saturated carbocycles. The van der Waals surface area contributed by atoms with Crippen molar-refractivity contribution in [2.75, 3.05) is 17.2 Å². The van der Waals surface area contributed by atoms with E-state index in [4.69, 9.17) is 0 Å². The van der Waals surface area contributed by atoms with Gasteiger partial charge in [0.05, 0.1) is 0 Å². The zero-order valence-corrected chi connectivity index (χ0v) is 13.9. The first-order valence-electron chi connectivity index (χ1n) is 7.75. The van der Waals surface area contributed by atoms with Gasteiger partial charge in [0.25, 0.3) is 0 Å². The molecule has 4 nitrogen and oxygen atoms in total. The van der Waals surface area contributed by atoms with Crippen molar-refractivity contribution in [2.24, 2.45) is 5.41 Å². The van der Waals surface area contributed by atoms with Crippen LogP contribution in [0.15, 0.2) is 6.07 Å². The van der Waals surface area contributed by atoms with E-state index in [1.165, 1.54) is 0 Å². The third kappa shape index (κ3) is 5.35. The Bertz CT molecular complexity index is 409. The third-order valence-electron chi connectivity index (χ3n) is 3.47. The minimum absolute atomic E-state index is 0.201. The summed E-state index contributed by atoms with van der Waals surface area (Å²) in [6, 6.07) is 2.36. The number of hydrogen-bond acceptors (Lipinski definition) is 4. The molecule has 1 aromatic rings. The maximum absolute atomic E-state index is 4.62. The Morgan fingerprint density at radius 3 is 2.30 bits per heavy atom. The van der Waals surface area contributed by atoms with E-state index in [1.807, 2.05) is 6.07 Å². The summed E-state index contributed by atoms with van der Waals surface area (Å²) in [4.78, 5) is 9.19. The Balaban J connectivity index is 2.90. The second-order valence-electron chi connectivity index (χ2n) is 6.46. The van der Waals surface area contributed by atoms with Crippen molar-refractivity contribution < 1.29 is 0 Å². The fraction of sp³-hybridized carbons (Fsp3) is 0.750. The third-order valence-corrected chi connectivity index (χ3v) is 3.47. The highest BCUT2D eigenvalue weighted by Crippen LogP contribution is 2.23. The first kappa shape index (κ1) is 16.7. The van der Waals surface area contributed by atoms with Gasteiger partial charge in [0.2, 0.25) is 0 Å². The average Bonchev–Trinajstić information content (AvgIpc) is 2.35. The van der Waals surface area contributed by atoms with Gasteiger partial charge in [-0.25, -0.2) is 9.97 Å². The van der Waals surface area contributed by atoms with Crippen LogP contribution in [0.1, 0.15) is 60.2 Å². The molecule has 2 N–H and O–H groups in total. The van der Waals surface area contributed by atoms with E-state index in [0.717, 1.165) is 43.3 Å². The number of nitrogens with one attached hydrogen (secondary N) is 2. The second kappa shape index (κ2) is 7.46. The van der Waals surface area contributed by atoms with E-state index in [0.29, 0.717) is 6.04 Å². The molecule has 0 fully saturated rings. The molecule has 0 aliphatic heterocycles. The fourth-order valence-electron chi connectivity index (χ4n) is 1.69. The molecule has 0 spiro atoms. The normalized spacial score (nSPS) is 13.1. The lowest BCUT2D eigenvalue weighted by Gasteiger charge is -2.28. The first-order valence-corrected chi connectivity index (χ1v) is 7.75. The summed E-state index contributed by atoms with van der Waals surface area (Å²) in [6.07, 6.45) is 3.07. The van der Waals surface area contributed by atoms with Gasteiger partial charge >= 0.3 is 0 Å². The van der Waals surface area contributed by atoms with Crippen molar-refractivity contribution in [1.82, 2.24) is 9.97 Å². The van der Waals surface area contributed by atoms with Gasteiger partial charge in [-0.3, -0.25) is 0 Å². The lowest BCUT2D eigenvalue weighted by molar-refractivity contribution is 0.358. The predicted molar refractivity (Wildman–Crippen MR) is 87.3 cm³/mol. The molecule has 0 amide bonds. The van der Waals surface area contributed by atoms with Crippen LogP contribution in [0.4, 0.5) is 11.6 Å². The number of aryl methyl sites for hydroxylation is 1. The van der Waals surface area contributed by atoms with Gasteiger partial charge in [0.15, 0.2) is 0 Å². The molecule has 1 rings (SSSR count). The number of aromatic nitrogens is 2. The molecule has 20 heavy (non-hydrogen) atoms. The SMILES string of the molecule is CCCNc1cc(NC(C)C(C)(C)C)nc(CCC)n1. The van der Waals surface area contributed by atoms with Crippen LogP contribution in [0, 0.1) is 5.41 Å². The minimum atomic E-state index is 0.201. The van der Waals surface area contributed by atoms with Crippen LogP contribution in [0.5, 0.6) is 0 Å². The van der Waals surface area contributed by atoms with E-state index in [2.05, 4.69) is 62.1 Å². The molecule has 0 radical (unpaired) electrons. The molecule has 1 unspecified atom stereocenters. The molecule has 0 bridgehead atoms. The monoisotopic (exact) mass is 278 g/mol. The summed E-state index contributed by atoms with van der Waals surface area (Å²) in [6.45, 7) is 14.1. The lowest BCUT2D eigenvalue weighted by Crippen LogP contribution is -2.31. The Hall–Kier alpha value is -1.32. The van der Waals surface area contributed by atoms with Gasteiger partial charge in [0, 0.05) is 25.1 Å². The Kier molecular flexibility index (Phi) is 6.24. The van der Waals surface area contributed by atoms with E-state index >= 15 is 0 Å². The predicted octanol–water partition coefficient (Wildman–Crippen LogP) is 4.10. The number of nitrogens with zero attached hydrogens (tertiary/aromatic N) is 2. The standard InChI is InChI=1S/C16H30N4/c1-7-9-13-19-14(17-10-8-2)11-15(20-13)18-12(3)16(4,5)6/h11-12H,7-10H2,1-6H3,(H2,17,18,19,20). The van der Waals surface area contributed by atoms with Gasteiger partial charge in [0.1, 0.15) is 17.5 Å². The van der Waals surface area contributed by atoms with Crippen molar-refractivity contribution >= 4 is 11.6 Å². The van der Waals surface area contributed by atoms with E-state index in [1.54, 1.807) is 0 Å². The van der Waals surface area contributed by atoms with Crippen molar-refractivity contribution in [1.29, 1.82) is 0 Å². The molecule has 1 aromatic heterocycles. The van der Waals surface area contributed by atoms with Crippen LogP contribution in [0.25, 0.3) is 0 Å². The summed E-state index contributed by atoms with van der Waals surface area (Å²) in [5, 5.41) is 6.86. The average molecular weight is 278 g/mol. The van der Waals surface area contributed by atoms with Crippen LogP contribution < -0.4 is 10.6 Å². The van der Waals surface area contributed by atoms with Gasteiger partial charge in [-0.15, -0.1) is 0 Å². The number of rotatable bonds is 7. The molecule has 0 aromatic carbocycles. The molecular weight excluding hydrogens is 248 g/mol. The lowest BCUT2D eigenvalue weighted by atomic mass is 9.88. The zero-order valence-electron chi connectivity index (χ0n) is 13.9. The van der Waals surface area contributed by atoms with Crippen molar-refractivity contribution in [3.05, 3.63) is 11.9 Å². The maximum atomic E-state index is 4.62. The van der Waals surface area contributed by atoms with E-state index in [-0.39, 0.29) is 5.41 Å². The largest absolute Gasteiger partial charge is 0.370 e. The van der Waals surface area contributed by atoms with Crippen LogP contribution in [0.3, 0.4) is 0 Å². The van der Waals surface area contributed by atoms with Crippen molar-refractivity contribution in [3.8, 4) is 0 Å². The van der Waals surface area contributed by atoms with Gasteiger partial charge in [-0.2, -0.15) is 0 Å². The second-order valence-corrected chi connectivity index (χ2v) is 6.46. The van der Waals surface area contributed by atoms with Gasteiger partial charge in [-0.05, 0) is 25.2 Å². The maximum Gasteiger partial charge on any atom is 0.133 e. The molecule has 114 valence electrons. The Labute approximate surface area is 123 Å². The van der Waals surface area contributed by atoms with Crippen LogP contribution >= 0.6 is 0 Å². The highest BCUT2D eigenvalue weighted by Gasteiger charge is 2.20. The first-order chi connectivity index (χ1) is 9.36. The molecule has 0 saturated heterocycles. The smallest absolute Gasteiger partial charge is 0.133 e. The topological polar surface area (TPSA) is 49.8 Å². The van der Waals surface area contributed by atoms with Crippen molar-refractivity contribution in [2.45, 2.75) is 66.8 Å². The highest BCUT2D eigenvalue weighted by atomic mass is 15.1. The van der Waals surface area contributed by atoms with E-state index < -0.39 is 0 Å². The Morgan fingerprint density at radius 2 is 1.75 bits per heavy atom. The summed E-state index contributed by atoms with van der Waals surface area (Å²) in [5.74, 6) is 2.76. The van der Waals surface area contributed by atoms with Crippen molar-refractivity contribution in [3.63, 3.8) is 0 Å². The summed E-state index contributed by atoms with van der Waals surface area (Å²) >= 11 is 0. The zero-order chi connectivity index (χ0) is 15.2. The van der Waals surface area contributed by atoms with Crippen LogP contribution in [-0.4, -0.2) is 22.6 Å². The summed E-state index contributed by atoms with van der Waals surface area (Å²) in [7, 11) is 0. The summed E-state index contributed by atoms with van der Waals surface area (Å²) < 4.78 is 0. The van der Waals surface area contributed by atoms with E-state index in [9.17, 15) is 0 Å². The quantitative estimate of drug-likeness (QED) is 0.788. The highest BCUT2D eigenvalue weighted by molar-refractivity contribution is 5.48. The summed E-state index contributed by atoms with van der Waals surface area (Å²) in [5.41, 5.74) is 0.201. The minimum Gasteiger partial charge on any atom is -0.370 e. The van der Waals surface area contributed by atoms with Gasteiger partial charge in [-0.1, -0.05) is 34.6 Å². The number of anilines is 2. The molecule has 0 aliphatic carbocycles. The van der Waals surface area contributed by atoms with Gasteiger partial charge < -0.3 is 10.6 Å². The Morgan fingerprint density at radius 1 is 1.10 bits per heavy atom. The molecule has 0 aliphatic rings. The molecular formula is C16H30N4. The van der Waals surface area contributed by atoms with Crippen LogP contribution in [-0.2, 0) is 6.42 Å². The van der Waals surface area contributed by atoms with Crippen LogP contribution in [0.2, 0.25) is 0 Å². The molecule has 4 heteroatoms.